The van der Waals surface area contributed by atoms with E-state index in [9.17, 15) is 30.0 Å². The number of aromatic hydroxyl groups is 2. The van der Waals surface area contributed by atoms with E-state index in [1.165, 1.54) is 0 Å². The van der Waals surface area contributed by atoms with Crippen LogP contribution in [0.2, 0.25) is 0 Å². The van der Waals surface area contributed by atoms with Crippen LogP contribution in [0.4, 0.5) is 0 Å². The number of carboxylic acid groups (broad SMARTS) is 2. The molecule has 0 aromatic heterocycles. The van der Waals surface area contributed by atoms with E-state index < -0.39 is 23.8 Å². The van der Waals surface area contributed by atoms with Crippen molar-refractivity contribution in [2.24, 2.45) is 11.8 Å². The second-order valence-corrected chi connectivity index (χ2v) is 13.4. The van der Waals surface area contributed by atoms with Crippen molar-refractivity contribution in [2.45, 2.75) is 91.9 Å². The fourth-order valence-corrected chi connectivity index (χ4v) is 5.06. The van der Waals surface area contributed by atoms with E-state index in [2.05, 4.69) is 0 Å². The number of benzene rings is 2. The molecule has 2 aromatic rings. The summed E-state index contributed by atoms with van der Waals surface area (Å²) in [6.07, 6.45) is 1.36. The van der Waals surface area contributed by atoms with Gasteiger partial charge in [0.2, 0.25) is 0 Å². The summed E-state index contributed by atoms with van der Waals surface area (Å²) in [5.41, 5.74) is 4.27. The first kappa shape index (κ1) is 35.1. The van der Waals surface area contributed by atoms with Crippen LogP contribution in [-0.2, 0) is 42.7 Å². The van der Waals surface area contributed by atoms with E-state index in [0.29, 0.717) is 25.7 Å². The van der Waals surface area contributed by atoms with Crippen LogP contribution in [0.3, 0.4) is 0 Å². The Labute approximate surface area is 250 Å². The maximum absolute atomic E-state index is 11.9. The number of phenolic OH excluding ortho intramolecular Hbond substituents is 2. The third-order valence-corrected chi connectivity index (χ3v) is 7.59. The molecule has 42 heavy (non-hydrogen) atoms. The van der Waals surface area contributed by atoms with Crippen LogP contribution >= 0.6 is 0 Å². The Kier molecular flexibility index (Phi) is 12.4. The minimum absolute atomic E-state index is 0.251. The summed E-state index contributed by atoms with van der Waals surface area (Å²) in [7, 11) is 0. The molecule has 8 heteroatoms. The first-order chi connectivity index (χ1) is 19.4. The highest BCUT2D eigenvalue weighted by molar-refractivity contribution is 5.71. The number of carbonyl (C=O) groups is 2. The number of phenols is 2. The van der Waals surface area contributed by atoms with Crippen molar-refractivity contribution in [3.8, 4) is 11.5 Å². The molecule has 0 spiro atoms. The highest BCUT2D eigenvalue weighted by Gasteiger charge is 2.25. The largest absolute Gasteiger partial charge is 0.507 e. The Morgan fingerprint density at radius 1 is 0.643 bits per heavy atom. The topological polar surface area (TPSA) is 134 Å². The Bertz CT molecular complexity index is 1120. The Morgan fingerprint density at radius 3 is 1.26 bits per heavy atom. The number of rotatable bonds is 15. The molecule has 0 heterocycles. The van der Waals surface area contributed by atoms with Gasteiger partial charge in [-0.1, -0.05) is 65.8 Å². The third-order valence-electron chi connectivity index (χ3n) is 7.59. The van der Waals surface area contributed by atoms with Crippen molar-refractivity contribution in [2.75, 3.05) is 26.4 Å². The van der Waals surface area contributed by atoms with Crippen molar-refractivity contribution in [3.05, 3.63) is 57.6 Å². The molecule has 2 rings (SSSR count). The molecule has 0 bridgehead atoms. The Balaban J connectivity index is 1.81. The molecule has 4 N–H and O–H groups in total. The summed E-state index contributed by atoms with van der Waals surface area (Å²) < 4.78 is 11.2. The van der Waals surface area contributed by atoms with E-state index in [-0.39, 0.29) is 48.8 Å². The second kappa shape index (κ2) is 14.9. The quantitative estimate of drug-likeness (QED) is 0.178. The van der Waals surface area contributed by atoms with Gasteiger partial charge in [-0.3, -0.25) is 9.59 Å². The summed E-state index contributed by atoms with van der Waals surface area (Å²) in [5.74, 6) is -2.53. The summed E-state index contributed by atoms with van der Waals surface area (Å²) >= 11 is 0. The van der Waals surface area contributed by atoms with Gasteiger partial charge in [0.15, 0.2) is 0 Å². The van der Waals surface area contributed by atoms with E-state index in [4.69, 9.17) is 9.47 Å². The lowest BCUT2D eigenvalue weighted by Gasteiger charge is -2.23. The minimum atomic E-state index is -0.893. The first-order valence-electron chi connectivity index (χ1n) is 14.7. The number of aliphatic carboxylic acids is 2. The molecule has 0 radical (unpaired) electrons. The predicted octanol–water partition coefficient (Wildman–Crippen LogP) is 6.31. The Morgan fingerprint density at radius 2 is 0.976 bits per heavy atom. The Hall–Kier alpha value is -3.10. The number of hydrogen-bond donors (Lipinski definition) is 4. The number of aryl methyl sites for hydroxylation is 2. The zero-order valence-electron chi connectivity index (χ0n) is 26.5. The summed E-state index contributed by atoms with van der Waals surface area (Å²) in [6.45, 7) is 16.8. The number of ether oxygens (including phenoxy) is 2. The van der Waals surface area contributed by atoms with Crippen molar-refractivity contribution >= 4 is 11.9 Å². The molecule has 2 unspecified atom stereocenters. The van der Waals surface area contributed by atoms with Crippen molar-refractivity contribution in [1.82, 2.24) is 0 Å². The standard InChI is InChI=1S/C34H50O8/c1-21-15-23(19-27(29(21)35)33(3,4)5)17-25(31(37)38)9-11-41-13-14-42-12-10-26(32(39)40)18-24-16-22(2)30(36)28(20-24)34(6,7)8/h15-16,19-20,25-26,35-36H,9-14,17-18H2,1-8H3,(H,37,38)(H,39,40). The van der Waals surface area contributed by atoms with Crippen LogP contribution in [-0.4, -0.2) is 58.8 Å². The number of hydrogen-bond acceptors (Lipinski definition) is 6. The molecule has 8 nitrogen and oxygen atoms in total. The molecule has 234 valence electrons. The van der Waals surface area contributed by atoms with Gasteiger partial charge in [-0.05, 0) is 83.7 Å². The summed E-state index contributed by atoms with van der Waals surface area (Å²) in [5, 5.41) is 40.4. The van der Waals surface area contributed by atoms with Crippen LogP contribution < -0.4 is 0 Å². The van der Waals surface area contributed by atoms with Crippen LogP contribution in [0.1, 0.15) is 87.8 Å². The smallest absolute Gasteiger partial charge is 0.306 e. The van der Waals surface area contributed by atoms with Crippen molar-refractivity contribution in [1.29, 1.82) is 0 Å². The normalized spacial score (nSPS) is 13.6. The predicted molar refractivity (Wildman–Crippen MR) is 164 cm³/mol. The van der Waals surface area contributed by atoms with Crippen LogP contribution in [0.25, 0.3) is 0 Å². The lowest BCUT2D eigenvalue weighted by Crippen LogP contribution is -2.21. The molecule has 0 saturated carbocycles. The highest BCUT2D eigenvalue weighted by atomic mass is 16.5. The van der Waals surface area contributed by atoms with Gasteiger partial charge < -0.3 is 29.9 Å². The van der Waals surface area contributed by atoms with Gasteiger partial charge in [0, 0.05) is 13.2 Å². The monoisotopic (exact) mass is 586 g/mol. The third kappa shape index (κ3) is 10.3. The van der Waals surface area contributed by atoms with Gasteiger partial charge in [0.05, 0.1) is 25.0 Å². The van der Waals surface area contributed by atoms with E-state index in [1.54, 1.807) is 0 Å². The maximum atomic E-state index is 11.9. The zero-order chi connectivity index (χ0) is 31.8. The first-order valence-corrected chi connectivity index (χ1v) is 14.7. The zero-order valence-corrected chi connectivity index (χ0v) is 26.5. The molecule has 0 amide bonds. The van der Waals surface area contributed by atoms with Gasteiger partial charge in [-0.25, -0.2) is 0 Å². The van der Waals surface area contributed by atoms with Crippen molar-refractivity contribution in [3.63, 3.8) is 0 Å². The molecule has 2 atom stereocenters. The van der Waals surface area contributed by atoms with Gasteiger partial charge >= 0.3 is 11.9 Å². The van der Waals surface area contributed by atoms with Crippen LogP contribution in [0.15, 0.2) is 24.3 Å². The molecule has 0 aliphatic rings. The van der Waals surface area contributed by atoms with Gasteiger partial charge in [-0.2, -0.15) is 0 Å². The molecule has 2 aromatic carbocycles. The molecular formula is C34H50O8. The lowest BCUT2D eigenvalue weighted by atomic mass is 9.83. The van der Waals surface area contributed by atoms with Gasteiger partial charge in [-0.15, -0.1) is 0 Å². The van der Waals surface area contributed by atoms with Crippen LogP contribution in [0.5, 0.6) is 11.5 Å². The van der Waals surface area contributed by atoms with E-state index in [1.807, 2.05) is 79.7 Å². The van der Waals surface area contributed by atoms with E-state index >= 15 is 0 Å². The average molecular weight is 587 g/mol. The number of carboxylic acids is 2. The maximum Gasteiger partial charge on any atom is 0.306 e. The highest BCUT2D eigenvalue weighted by Crippen LogP contribution is 2.36. The SMILES string of the molecule is Cc1cc(CC(CCOCCOCCC(Cc2cc(C)c(O)c(C(C)(C)C)c2)C(=O)O)C(=O)O)cc(C(C)(C)C)c1O. The second-order valence-electron chi connectivity index (χ2n) is 13.4. The lowest BCUT2D eigenvalue weighted by molar-refractivity contribution is -0.143. The molecule has 0 fully saturated rings. The van der Waals surface area contributed by atoms with Gasteiger partial charge in [0.1, 0.15) is 11.5 Å². The fraction of sp³-hybridized carbons (Fsp3) is 0.588. The molecule has 0 saturated heterocycles. The summed E-state index contributed by atoms with van der Waals surface area (Å²) in [6, 6.07) is 7.46. The summed E-state index contributed by atoms with van der Waals surface area (Å²) in [4.78, 5) is 23.8. The fourth-order valence-electron chi connectivity index (χ4n) is 5.06. The van der Waals surface area contributed by atoms with Crippen LogP contribution in [0, 0.1) is 25.7 Å². The van der Waals surface area contributed by atoms with E-state index in [0.717, 1.165) is 33.4 Å². The average Bonchev–Trinajstić information content (AvgIpc) is 2.86. The minimum Gasteiger partial charge on any atom is -0.507 e. The molecule has 0 aliphatic heterocycles. The molecular weight excluding hydrogens is 536 g/mol. The van der Waals surface area contributed by atoms with Gasteiger partial charge in [0.25, 0.3) is 0 Å². The molecule has 0 aliphatic carbocycles. The van der Waals surface area contributed by atoms with Crippen molar-refractivity contribution < 1.29 is 39.5 Å².